The summed E-state index contributed by atoms with van der Waals surface area (Å²) >= 11 is 0. The predicted molar refractivity (Wildman–Crippen MR) is 181 cm³/mol. The van der Waals surface area contributed by atoms with Crippen LogP contribution in [0.2, 0.25) is 0 Å². The number of rotatable bonds is 9. The SMILES string of the molecule is Cc1c(OCC2CO2)c(C23CC4CC(CC(C4)C2)C3)c(C23CC4CC(CC(C4)C2)C3)c(C23CC4CC(CC(C4)C2)C3)c1OCC1CO1. The molecule has 12 aliphatic carbocycles. The fraction of sp³-hybridized carbons (Fsp3) is 0.860. The zero-order chi connectivity index (χ0) is 30.7. The van der Waals surface area contributed by atoms with Crippen molar-refractivity contribution >= 4 is 0 Å². The van der Waals surface area contributed by atoms with Gasteiger partial charge in [0.25, 0.3) is 0 Å². The average molecular weight is 639 g/mol. The highest BCUT2D eigenvalue weighted by Gasteiger charge is 2.62. The van der Waals surface area contributed by atoms with Gasteiger partial charge in [0.2, 0.25) is 0 Å². The third kappa shape index (κ3) is 4.31. The van der Waals surface area contributed by atoms with Crippen molar-refractivity contribution in [2.24, 2.45) is 53.3 Å². The van der Waals surface area contributed by atoms with Gasteiger partial charge in [-0.3, -0.25) is 0 Å². The van der Waals surface area contributed by atoms with Gasteiger partial charge in [-0.25, -0.2) is 0 Å². The van der Waals surface area contributed by atoms with E-state index in [-0.39, 0.29) is 12.2 Å². The summed E-state index contributed by atoms with van der Waals surface area (Å²) in [6.45, 7) is 5.58. The number of hydrogen-bond acceptors (Lipinski definition) is 4. The predicted octanol–water partition coefficient (Wildman–Crippen LogP) is 8.95. The van der Waals surface area contributed by atoms with Gasteiger partial charge in [-0.05, 0) is 187 Å². The molecular formula is C43H58O4. The number of benzene rings is 1. The number of ether oxygens (including phenoxy) is 4. The van der Waals surface area contributed by atoms with E-state index in [4.69, 9.17) is 18.9 Å². The second kappa shape index (κ2) is 9.74. The lowest BCUT2D eigenvalue weighted by atomic mass is 9.41. The normalized spacial score (nSPS) is 52.0. The minimum atomic E-state index is 0.272. The van der Waals surface area contributed by atoms with Crippen LogP contribution in [-0.4, -0.2) is 38.6 Å². The Morgan fingerprint density at radius 1 is 0.447 bits per heavy atom. The standard InChI is InChI=1S/C43H58O4/c1-24-39(46-22-34-20-44-34)37(42-14-28-5-29(15-42)7-30(6-28)16-42)36(41-11-25-2-26(12-41)4-27(3-25)13-41)38(40(24)47-23-35-21-45-35)43-17-31-8-32(18-43)10-33(9-31)19-43/h25-35H,2-23H2,1H3. The van der Waals surface area contributed by atoms with Crippen molar-refractivity contribution in [3.8, 4) is 11.5 Å². The van der Waals surface area contributed by atoms with Crippen LogP contribution in [-0.2, 0) is 25.7 Å². The van der Waals surface area contributed by atoms with Crippen molar-refractivity contribution in [2.45, 2.75) is 151 Å². The Kier molecular flexibility index (Phi) is 5.89. The van der Waals surface area contributed by atoms with Gasteiger partial charge in [0.1, 0.15) is 36.9 Å². The Labute approximate surface area is 282 Å². The molecule has 12 bridgehead atoms. The molecule has 0 aromatic heterocycles. The summed E-state index contributed by atoms with van der Waals surface area (Å²) in [5, 5.41) is 0. The largest absolute Gasteiger partial charge is 0.490 e. The minimum absolute atomic E-state index is 0.272. The second-order valence-electron chi connectivity index (χ2n) is 20.5. The molecule has 2 unspecified atom stereocenters. The molecule has 4 heteroatoms. The Morgan fingerprint density at radius 3 is 0.957 bits per heavy atom. The maximum atomic E-state index is 7.29. The van der Waals surface area contributed by atoms with E-state index >= 15 is 0 Å². The molecule has 2 aliphatic heterocycles. The summed E-state index contributed by atoms with van der Waals surface area (Å²) in [5.74, 6) is 10.9. The Hall–Kier alpha value is -1.26. The van der Waals surface area contributed by atoms with Gasteiger partial charge in [-0.2, -0.15) is 0 Å². The fourth-order valence-electron chi connectivity index (χ4n) is 16.7. The van der Waals surface area contributed by atoms with E-state index in [1.807, 2.05) is 5.56 Å². The Morgan fingerprint density at radius 2 is 0.702 bits per heavy atom. The molecule has 1 aromatic rings. The maximum Gasteiger partial charge on any atom is 0.130 e. The highest BCUT2D eigenvalue weighted by Crippen LogP contribution is 2.71. The van der Waals surface area contributed by atoms with Crippen molar-refractivity contribution in [3.05, 3.63) is 22.3 Å². The van der Waals surface area contributed by atoms with Gasteiger partial charge in [-0.15, -0.1) is 0 Å². The fourth-order valence-corrected chi connectivity index (χ4v) is 16.7. The molecule has 14 aliphatic rings. The molecule has 0 spiro atoms. The molecule has 14 fully saturated rings. The van der Waals surface area contributed by atoms with Crippen molar-refractivity contribution in [1.82, 2.24) is 0 Å². The van der Waals surface area contributed by atoms with Crippen LogP contribution >= 0.6 is 0 Å². The summed E-state index contributed by atoms with van der Waals surface area (Å²) in [5.41, 5.74) is 7.75. The number of hydrogen-bond donors (Lipinski definition) is 0. The Balaban J connectivity index is 1.15. The van der Waals surface area contributed by atoms with Crippen molar-refractivity contribution in [3.63, 3.8) is 0 Å². The van der Waals surface area contributed by atoms with E-state index in [9.17, 15) is 0 Å². The third-order valence-electron chi connectivity index (χ3n) is 17.0. The van der Waals surface area contributed by atoms with E-state index in [0.29, 0.717) is 29.5 Å². The first-order chi connectivity index (χ1) is 22.9. The van der Waals surface area contributed by atoms with Crippen LogP contribution in [0.1, 0.15) is 138 Å². The monoisotopic (exact) mass is 638 g/mol. The van der Waals surface area contributed by atoms with Crippen molar-refractivity contribution in [2.75, 3.05) is 26.4 Å². The van der Waals surface area contributed by atoms with Crippen LogP contribution in [0, 0.1) is 60.2 Å². The van der Waals surface area contributed by atoms with E-state index in [1.165, 1.54) is 133 Å². The van der Waals surface area contributed by atoms with Crippen LogP contribution in [0.25, 0.3) is 0 Å². The van der Waals surface area contributed by atoms with Crippen molar-refractivity contribution in [1.29, 1.82) is 0 Å². The van der Waals surface area contributed by atoms with E-state index in [0.717, 1.165) is 66.5 Å². The van der Waals surface area contributed by atoms with Gasteiger partial charge in [0.15, 0.2) is 0 Å². The van der Waals surface area contributed by atoms with Gasteiger partial charge >= 0.3 is 0 Å². The molecule has 47 heavy (non-hydrogen) atoms. The van der Waals surface area contributed by atoms with Gasteiger partial charge in [0, 0.05) is 27.5 Å². The lowest BCUT2D eigenvalue weighted by molar-refractivity contribution is -0.0259. The lowest BCUT2D eigenvalue weighted by Gasteiger charge is -2.63. The first kappa shape index (κ1) is 28.4. The third-order valence-corrected chi connectivity index (χ3v) is 17.0. The topological polar surface area (TPSA) is 43.5 Å². The van der Waals surface area contributed by atoms with Gasteiger partial charge in [0.05, 0.1) is 13.2 Å². The highest BCUT2D eigenvalue weighted by atomic mass is 16.6. The zero-order valence-electron chi connectivity index (χ0n) is 29.0. The smallest absolute Gasteiger partial charge is 0.130 e. The second-order valence-corrected chi connectivity index (χ2v) is 20.5. The molecule has 2 atom stereocenters. The quantitative estimate of drug-likeness (QED) is 0.253. The molecule has 254 valence electrons. The number of epoxide rings is 2. The van der Waals surface area contributed by atoms with Crippen LogP contribution < -0.4 is 9.47 Å². The van der Waals surface area contributed by atoms with Gasteiger partial charge < -0.3 is 18.9 Å². The molecule has 2 saturated heterocycles. The van der Waals surface area contributed by atoms with E-state index in [1.54, 1.807) is 11.1 Å². The summed E-state index contributed by atoms with van der Waals surface area (Å²) in [7, 11) is 0. The zero-order valence-corrected chi connectivity index (χ0v) is 29.0. The van der Waals surface area contributed by atoms with Crippen LogP contribution in [0.5, 0.6) is 11.5 Å². The lowest BCUT2D eigenvalue weighted by Crippen LogP contribution is -2.55. The minimum Gasteiger partial charge on any atom is -0.490 e. The molecule has 0 amide bonds. The van der Waals surface area contributed by atoms with Crippen LogP contribution in [0.4, 0.5) is 0 Å². The van der Waals surface area contributed by atoms with Crippen LogP contribution in [0.15, 0.2) is 0 Å². The molecule has 2 heterocycles. The summed E-state index contributed by atoms with van der Waals surface area (Å²) < 4.78 is 26.2. The molecular weight excluding hydrogens is 580 g/mol. The maximum absolute atomic E-state index is 7.29. The summed E-state index contributed by atoms with van der Waals surface area (Å²) in [6.07, 6.45) is 26.9. The first-order valence-corrected chi connectivity index (χ1v) is 20.6. The molecule has 4 nitrogen and oxygen atoms in total. The summed E-state index contributed by atoms with van der Waals surface area (Å²) in [4.78, 5) is 0. The molecule has 15 rings (SSSR count). The van der Waals surface area contributed by atoms with E-state index < -0.39 is 0 Å². The Bertz CT molecular complexity index is 1290. The van der Waals surface area contributed by atoms with Crippen molar-refractivity contribution < 1.29 is 18.9 Å². The average Bonchev–Trinajstić information content (AvgIpc) is 3.93. The highest BCUT2D eigenvalue weighted by molar-refractivity contribution is 5.67. The molecule has 0 radical (unpaired) electrons. The molecule has 0 N–H and O–H groups in total. The molecule has 12 saturated carbocycles. The summed E-state index contributed by atoms with van der Waals surface area (Å²) in [6, 6.07) is 0. The van der Waals surface area contributed by atoms with Gasteiger partial charge in [-0.1, -0.05) is 0 Å². The van der Waals surface area contributed by atoms with Crippen LogP contribution in [0.3, 0.4) is 0 Å². The first-order valence-electron chi connectivity index (χ1n) is 20.6. The molecule has 1 aromatic carbocycles. The van der Waals surface area contributed by atoms with E-state index in [2.05, 4.69) is 6.92 Å².